The van der Waals surface area contributed by atoms with Gasteiger partial charge in [-0.15, -0.1) is 12.1 Å². The number of para-hydroxylation sites is 2. The van der Waals surface area contributed by atoms with Gasteiger partial charge in [-0.1, -0.05) is 103 Å². The topological polar surface area (TPSA) is 34.6 Å². The van der Waals surface area contributed by atoms with E-state index >= 15 is 0 Å². The summed E-state index contributed by atoms with van der Waals surface area (Å²) < 4.78 is 4.71. The molecule has 10 rings (SSSR count). The number of aromatic nitrogens is 2. The largest absolute Gasteiger partial charge is 2.00 e. The minimum absolute atomic E-state index is 0. The van der Waals surface area contributed by atoms with Gasteiger partial charge in [0.25, 0.3) is 0 Å². The molecule has 0 radical (unpaired) electrons. The zero-order valence-corrected chi connectivity index (χ0v) is 33.9. The monoisotopic (exact) mass is 926 g/mol. The number of nitrogens with zero attached hydrogens (tertiary/aromatic N) is 4. The SMILES string of the molecule is [C-](=NN=[C-]c1ccc(-n2c3ccccc3c3cc(-c4ccc5c(c4)c4cc(-c6ccccc6)ccc4n5-c4ccccc4)ccc32)cc1)c1ccccc1.[U+2]. The van der Waals surface area contributed by atoms with Crippen molar-refractivity contribution in [2.24, 2.45) is 10.2 Å². The van der Waals surface area contributed by atoms with Gasteiger partial charge in [-0.25, -0.2) is 10.2 Å². The molecule has 2 aromatic heterocycles. The molecule has 10 aromatic rings. The Morgan fingerprint density at radius 2 is 0.709 bits per heavy atom. The Morgan fingerprint density at radius 3 is 1.27 bits per heavy atom. The summed E-state index contributed by atoms with van der Waals surface area (Å²) in [5.74, 6) is 0. The first-order valence-electron chi connectivity index (χ1n) is 18.1. The van der Waals surface area contributed by atoms with Gasteiger partial charge < -0.3 is 9.13 Å². The van der Waals surface area contributed by atoms with Gasteiger partial charge >= 0.3 is 31.1 Å². The fourth-order valence-electron chi connectivity index (χ4n) is 7.66. The molecule has 0 fully saturated rings. The third-order valence-corrected chi connectivity index (χ3v) is 10.2. The fraction of sp³-hybridized carbons (Fsp3) is 0. The van der Waals surface area contributed by atoms with Crippen LogP contribution in [0.25, 0.3) is 77.2 Å². The summed E-state index contributed by atoms with van der Waals surface area (Å²) in [6.45, 7) is 0. The maximum absolute atomic E-state index is 4.09. The number of fused-ring (bicyclic) bond motifs is 6. The minimum Gasteiger partial charge on any atom is -0.311 e. The summed E-state index contributed by atoms with van der Waals surface area (Å²) >= 11 is 0. The molecular weight excluding hydrogens is 895 g/mol. The molecule has 4 nitrogen and oxygen atoms in total. The van der Waals surface area contributed by atoms with Crippen molar-refractivity contribution in [1.29, 1.82) is 0 Å². The molecule has 0 bridgehead atoms. The van der Waals surface area contributed by atoms with E-state index in [4.69, 9.17) is 0 Å². The van der Waals surface area contributed by atoms with Crippen LogP contribution in [0.5, 0.6) is 0 Å². The van der Waals surface area contributed by atoms with Crippen LogP contribution in [0.4, 0.5) is 0 Å². The Labute approximate surface area is 343 Å². The average molecular weight is 927 g/mol. The molecule has 0 saturated carbocycles. The van der Waals surface area contributed by atoms with Crippen molar-refractivity contribution >= 4 is 56.0 Å². The molecule has 55 heavy (non-hydrogen) atoms. The predicted octanol–water partition coefficient (Wildman–Crippen LogP) is 12.4. The number of benzene rings is 8. The van der Waals surface area contributed by atoms with Crippen molar-refractivity contribution in [2.75, 3.05) is 0 Å². The summed E-state index contributed by atoms with van der Waals surface area (Å²) in [6.07, 6.45) is 5.95. The van der Waals surface area contributed by atoms with Crippen molar-refractivity contribution in [1.82, 2.24) is 9.13 Å². The van der Waals surface area contributed by atoms with Crippen molar-refractivity contribution < 1.29 is 31.1 Å². The molecule has 0 N–H and O–H groups in total. The smallest absolute Gasteiger partial charge is 0.311 e. The van der Waals surface area contributed by atoms with Crippen LogP contribution in [-0.2, 0) is 0 Å². The van der Waals surface area contributed by atoms with Crippen LogP contribution in [0, 0.1) is 31.1 Å². The molecule has 0 amide bonds. The first kappa shape index (κ1) is 34.5. The average Bonchev–Trinajstić information content (AvgIpc) is 3.75. The van der Waals surface area contributed by atoms with Crippen LogP contribution in [0.2, 0.25) is 0 Å². The first-order chi connectivity index (χ1) is 26.8. The van der Waals surface area contributed by atoms with Gasteiger partial charge in [-0.05, 0) is 89.3 Å². The van der Waals surface area contributed by atoms with E-state index in [0.29, 0.717) is 0 Å². The molecule has 0 aliphatic heterocycles. The molecule has 8 aromatic carbocycles. The molecule has 256 valence electrons. The zero-order valence-electron chi connectivity index (χ0n) is 29.8. The van der Waals surface area contributed by atoms with Gasteiger partial charge in [0.05, 0.1) is 22.1 Å². The van der Waals surface area contributed by atoms with Gasteiger partial charge in [-0.2, -0.15) is 35.4 Å². The Hall–Kier alpha value is -6.25. The van der Waals surface area contributed by atoms with Crippen molar-refractivity contribution in [3.05, 3.63) is 205 Å². The first-order valence-corrected chi connectivity index (χ1v) is 18.1. The van der Waals surface area contributed by atoms with Crippen molar-refractivity contribution in [3.8, 4) is 33.6 Å². The van der Waals surface area contributed by atoms with Crippen LogP contribution in [0.15, 0.2) is 204 Å². The van der Waals surface area contributed by atoms with E-state index in [9.17, 15) is 0 Å². The quantitative estimate of drug-likeness (QED) is 0.0867. The summed E-state index contributed by atoms with van der Waals surface area (Å²) in [5, 5.41) is 13.0. The molecule has 0 atom stereocenters. The molecule has 0 spiro atoms. The molecule has 0 saturated heterocycles. The molecular formula is C50H32N4U. The van der Waals surface area contributed by atoms with Crippen molar-refractivity contribution in [2.45, 2.75) is 0 Å². The molecule has 2 heterocycles. The van der Waals surface area contributed by atoms with E-state index in [1.54, 1.807) is 0 Å². The van der Waals surface area contributed by atoms with Crippen molar-refractivity contribution in [3.63, 3.8) is 0 Å². The summed E-state index contributed by atoms with van der Waals surface area (Å²) in [5.41, 5.74) is 13.4. The van der Waals surface area contributed by atoms with Gasteiger partial charge in [0, 0.05) is 32.9 Å². The van der Waals surface area contributed by atoms with E-state index in [2.05, 4.69) is 183 Å². The zero-order chi connectivity index (χ0) is 35.8. The summed E-state index contributed by atoms with van der Waals surface area (Å²) in [4.78, 5) is 0. The Morgan fingerprint density at radius 1 is 0.309 bits per heavy atom. The second-order valence-electron chi connectivity index (χ2n) is 13.4. The number of hydrogen-bond acceptors (Lipinski definition) is 2. The third-order valence-electron chi connectivity index (χ3n) is 10.2. The van der Waals surface area contributed by atoms with Gasteiger partial charge in [0.2, 0.25) is 0 Å². The van der Waals surface area contributed by atoms with Crippen LogP contribution in [-0.4, -0.2) is 21.6 Å². The molecule has 0 unspecified atom stereocenters. The van der Waals surface area contributed by atoms with Crippen LogP contribution < -0.4 is 0 Å². The Kier molecular flexibility index (Phi) is 9.34. The Bertz CT molecular complexity index is 3010. The normalized spacial score (nSPS) is 11.7. The number of hydrogen-bond donors (Lipinski definition) is 0. The minimum atomic E-state index is 0. The maximum atomic E-state index is 4.09. The van der Waals surface area contributed by atoms with E-state index < -0.39 is 0 Å². The van der Waals surface area contributed by atoms with Gasteiger partial charge in [0.15, 0.2) is 0 Å². The second-order valence-corrected chi connectivity index (χ2v) is 13.4. The molecule has 0 aliphatic carbocycles. The molecule has 5 heteroatoms. The fourth-order valence-corrected chi connectivity index (χ4v) is 7.66. The van der Waals surface area contributed by atoms with Gasteiger partial charge in [0.1, 0.15) is 0 Å². The van der Waals surface area contributed by atoms with E-state index in [-0.39, 0.29) is 31.1 Å². The van der Waals surface area contributed by atoms with E-state index in [1.807, 2.05) is 42.5 Å². The maximum Gasteiger partial charge on any atom is 2.00 e. The van der Waals surface area contributed by atoms with Crippen LogP contribution in [0.3, 0.4) is 0 Å². The Balaban J connectivity index is 0.00000397. The summed E-state index contributed by atoms with van der Waals surface area (Å²) in [6, 6.07) is 68.5. The van der Waals surface area contributed by atoms with E-state index in [0.717, 1.165) is 33.5 Å². The second kappa shape index (κ2) is 14.9. The molecule has 0 aliphatic rings. The van der Waals surface area contributed by atoms with Crippen LogP contribution in [0.1, 0.15) is 11.1 Å². The standard InChI is InChI=1S/C50H32N4.U/c1-4-12-35(13-5-1)33-51-52-34-36-20-25-42(26-21-36)54-47-19-11-10-18-43(47)44-31-39(23-28-48(44)54)40-24-29-50-46(32-40)45-30-38(37-14-6-2-7-15-37)22-27-49(45)53(50)41-16-8-3-9-17-41;/h1-32H;/q-2;+2. The van der Waals surface area contributed by atoms with Gasteiger partial charge in [-0.3, -0.25) is 0 Å². The third kappa shape index (κ3) is 6.42. The van der Waals surface area contributed by atoms with Crippen LogP contribution >= 0.6 is 0 Å². The van der Waals surface area contributed by atoms with E-state index in [1.165, 1.54) is 54.8 Å². The summed E-state index contributed by atoms with van der Waals surface area (Å²) in [7, 11) is 0. The number of rotatable bonds is 7. The predicted molar refractivity (Wildman–Crippen MR) is 226 cm³/mol.